The summed E-state index contributed by atoms with van der Waals surface area (Å²) in [6.07, 6.45) is 0.667. The van der Waals surface area contributed by atoms with Crippen molar-refractivity contribution in [2.24, 2.45) is 0 Å². The third kappa shape index (κ3) is 9.90. The summed E-state index contributed by atoms with van der Waals surface area (Å²) in [5, 5.41) is 38.0. The predicted molar refractivity (Wildman–Crippen MR) is 211 cm³/mol. The molecule has 53 heavy (non-hydrogen) atoms. The van der Waals surface area contributed by atoms with Crippen LogP contribution in [0, 0.1) is 43.4 Å². The van der Waals surface area contributed by atoms with Crippen LogP contribution in [0.4, 0.5) is 58.4 Å². The fraction of sp³-hybridized carbons (Fsp3) is 0.158. The van der Waals surface area contributed by atoms with Crippen LogP contribution >= 0.6 is 15.9 Å². The van der Waals surface area contributed by atoms with Crippen molar-refractivity contribution in [2.75, 3.05) is 45.0 Å². The molecule has 2 heterocycles. The van der Waals surface area contributed by atoms with Crippen molar-refractivity contribution in [3.63, 3.8) is 0 Å². The lowest BCUT2D eigenvalue weighted by Crippen LogP contribution is -2.15. The number of nitrogens with zero attached hydrogens (tertiary/aromatic N) is 8. The molecule has 0 saturated heterocycles. The number of nitriles is 2. The van der Waals surface area contributed by atoms with E-state index >= 15 is 0 Å². The third-order valence-corrected chi connectivity index (χ3v) is 8.48. The molecule has 0 aliphatic rings. The van der Waals surface area contributed by atoms with E-state index < -0.39 is 0 Å². The molecule has 0 aliphatic heterocycles. The van der Waals surface area contributed by atoms with Crippen molar-refractivity contribution in [2.45, 2.75) is 27.2 Å². The Morgan fingerprint density at radius 1 is 0.547 bits per heavy atom. The SMILES string of the molecule is Cc1ccc(Nc2nc(NCCCNc3nc(Nc4ccc(C#N)cc4)nc(Nc4c(C)cccc4Br)n3)nc(Nc3ccc(C#N)cc3)n2)c(C)c1. The van der Waals surface area contributed by atoms with Gasteiger partial charge in [0.05, 0.1) is 29.0 Å². The molecule has 0 amide bonds. The molecule has 0 aliphatic carbocycles. The first-order valence-electron chi connectivity index (χ1n) is 16.7. The summed E-state index contributed by atoms with van der Waals surface area (Å²) >= 11 is 3.61. The van der Waals surface area contributed by atoms with Gasteiger partial charge in [-0.15, -0.1) is 0 Å². The maximum Gasteiger partial charge on any atom is 0.233 e. The second-order valence-electron chi connectivity index (χ2n) is 11.9. The van der Waals surface area contributed by atoms with Crippen molar-refractivity contribution in [1.29, 1.82) is 10.5 Å². The number of benzene rings is 4. The fourth-order valence-electron chi connectivity index (χ4n) is 5.11. The van der Waals surface area contributed by atoms with Crippen LogP contribution in [0.3, 0.4) is 0 Å². The molecule has 0 spiro atoms. The lowest BCUT2D eigenvalue weighted by Gasteiger charge is -2.14. The molecule has 6 rings (SSSR count). The Hall–Kier alpha value is -6.84. The highest BCUT2D eigenvalue weighted by molar-refractivity contribution is 9.10. The molecule has 0 bridgehead atoms. The Kier molecular flexibility index (Phi) is 11.5. The van der Waals surface area contributed by atoms with Crippen LogP contribution in [-0.4, -0.2) is 43.0 Å². The molecule has 0 fully saturated rings. The molecule has 14 nitrogen and oxygen atoms in total. The molecule has 0 unspecified atom stereocenters. The Morgan fingerprint density at radius 3 is 1.53 bits per heavy atom. The van der Waals surface area contributed by atoms with E-state index in [-0.39, 0.29) is 0 Å². The number of aromatic nitrogens is 6. The largest absolute Gasteiger partial charge is 0.354 e. The molecule has 0 atom stereocenters. The zero-order valence-corrected chi connectivity index (χ0v) is 30.7. The summed E-state index contributed by atoms with van der Waals surface area (Å²) in [4.78, 5) is 27.6. The Bertz CT molecular complexity index is 2280. The van der Waals surface area contributed by atoms with Crippen molar-refractivity contribution in [3.8, 4) is 12.1 Å². The van der Waals surface area contributed by atoms with Gasteiger partial charge in [0, 0.05) is 34.6 Å². The first kappa shape index (κ1) is 36.0. The van der Waals surface area contributed by atoms with Gasteiger partial charge in [0.25, 0.3) is 0 Å². The zero-order valence-electron chi connectivity index (χ0n) is 29.2. The average molecular weight is 768 g/mol. The summed E-state index contributed by atoms with van der Waals surface area (Å²) < 4.78 is 0.876. The minimum Gasteiger partial charge on any atom is -0.354 e. The van der Waals surface area contributed by atoms with Crippen LogP contribution in [0.15, 0.2) is 89.4 Å². The molecule has 4 aromatic carbocycles. The standard InChI is InChI=1S/C38H35BrN14/c1-23-8-17-31(25(3)20-23)46-37-50-33(48-35(52-37)44-28-13-9-26(21-40)10-14-28)42-18-5-19-43-34-49-36(45-29-15-11-27(22-41)12-16-29)53-38(51-34)47-32-24(2)6-4-7-30(32)39/h4,6-17,20H,5,18-19H2,1-3H3,(H3,42,44,46,48,50,52)(H3,43,45,47,49,51,53). The van der Waals surface area contributed by atoms with E-state index in [2.05, 4.69) is 95.9 Å². The van der Waals surface area contributed by atoms with Crippen LogP contribution in [0.1, 0.15) is 34.2 Å². The Labute approximate surface area is 315 Å². The maximum absolute atomic E-state index is 9.17. The molecule has 15 heteroatoms. The number of hydrogen-bond acceptors (Lipinski definition) is 14. The predicted octanol–water partition coefficient (Wildman–Crippen LogP) is 8.38. The first-order valence-corrected chi connectivity index (χ1v) is 17.4. The molecular weight excluding hydrogens is 732 g/mol. The molecule has 2 aromatic heterocycles. The van der Waals surface area contributed by atoms with Crippen LogP contribution in [0.25, 0.3) is 0 Å². The van der Waals surface area contributed by atoms with Crippen molar-refractivity contribution in [1.82, 2.24) is 29.9 Å². The minimum atomic E-state index is 0.328. The number of halogens is 1. The van der Waals surface area contributed by atoms with Crippen LogP contribution in [0.5, 0.6) is 0 Å². The van der Waals surface area contributed by atoms with E-state index in [0.29, 0.717) is 66.3 Å². The van der Waals surface area contributed by atoms with Crippen LogP contribution < -0.4 is 31.9 Å². The van der Waals surface area contributed by atoms with Gasteiger partial charge in [-0.3, -0.25) is 0 Å². The van der Waals surface area contributed by atoms with Crippen molar-refractivity contribution >= 4 is 74.4 Å². The average Bonchev–Trinajstić information content (AvgIpc) is 3.15. The van der Waals surface area contributed by atoms with Crippen molar-refractivity contribution in [3.05, 3.63) is 117 Å². The summed E-state index contributed by atoms with van der Waals surface area (Å²) in [5.74, 6) is 2.14. The lowest BCUT2D eigenvalue weighted by atomic mass is 10.1. The van der Waals surface area contributed by atoms with Gasteiger partial charge in [0.2, 0.25) is 35.7 Å². The molecule has 264 valence electrons. The van der Waals surface area contributed by atoms with E-state index in [9.17, 15) is 10.5 Å². The summed E-state index contributed by atoms with van der Waals surface area (Å²) in [5.41, 5.74) is 7.54. The Balaban J connectivity index is 1.15. The normalized spacial score (nSPS) is 10.5. The number of nitrogens with one attached hydrogen (secondary N) is 6. The molecule has 0 radical (unpaired) electrons. The van der Waals surface area contributed by atoms with E-state index in [0.717, 1.165) is 43.9 Å². The highest BCUT2D eigenvalue weighted by atomic mass is 79.9. The smallest absolute Gasteiger partial charge is 0.233 e. The molecule has 6 aromatic rings. The van der Waals surface area contributed by atoms with E-state index in [1.807, 2.05) is 51.1 Å². The summed E-state index contributed by atoms with van der Waals surface area (Å²) in [7, 11) is 0. The molecular formula is C38H35BrN14. The van der Waals surface area contributed by atoms with Gasteiger partial charge in [-0.05, 0) is 115 Å². The van der Waals surface area contributed by atoms with Crippen LogP contribution in [-0.2, 0) is 0 Å². The lowest BCUT2D eigenvalue weighted by molar-refractivity contribution is 0.877. The molecule has 6 N–H and O–H groups in total. The van der Waals surface area contributed by atoms with E-state index in [1.54, 1.807) is 48.5 Å². The second kappa shape index (κ2) is 16.9. The first-order chi connectivity index (χ1) is 25.7. The van der Waals surface area contributed by atoms with Gasteiger partial charge in [-0.1, -0.05) is 29.8 Å². The van der Waals surface area contributed by atoms with Crippen molar-refractivity contribution < 1.29 is 0 Å². The van der Waals surface area contributed by atoms with Gasteiger partial charge < -0.3 is 31.9 Å². The zero-order chi connectivity index (χ0) is 37.2. The number of rotatable bonds is 14. The highest BCUT2D eigenvalue weighted by Gasteiger charge is 2.12. The third-order valence-electron chi connectivity index (χ3n) is 7.82. The summed E-state index contributed by atoms with van der Waals surface area (Å²) in [6, 6.07) is 30.3. The minimum absolute atomic E-state index is 0.328. The van der Waals surface area contributed by atoms with E-state index in [4.69, 9.17) is 0 Å². The van der Waals surface area contributed by atoms with Gasteiger partial charge in [-0.2, -0.15) is 40.4 Å². The number of para-hydroxylation sites is 1. The number of aryl methyl sites for hydroxylation is 3. The van der Waals surface area contributed by atoms with Crippen LogP contribution in [0.2, 0.25) is 0 Å². The van der Waals surface area contributed by atoms with Gasteiger partial charge in [-0.25, -0.2) is 0 Å². The van der Waals surface area contributed by atoms with Gasteiger partial charge in [0.1, 0.15) is 0 Å². The van der Waals surface area contributed by atoms with E-state index in [1.165, 1.54) is 0 Å². The summed E-state index contributed by atoms with van der Waals surface area (Å²) in [6.45, 7) is 7.12. The van der Waals surface area contributed by atoms with Gasteiger partial charge >= 0.3 is 0 Å². The topological polar surface area (TPSA) is 197 Å². The Morgan fingerprint density at radius 2 is 1.04 bits per heavy atom. The molecule has 0 saturated carbocycles. The number of anilines is 10. The second-order valence-corrected chi connectivity index (χ2v) is 12.8. The monoisotopic (exact) mass is 766 g/mol. The van der Waals surface area contributed by atoms with Gasteiger partial charge in [0.15, 0.2) is 0 Å². The highest BCUT2D eigenvalue weighted by Crippen LogP contribution is 2.29. The number of hydrogen-bond donors (Lipinski definition) is 6. The maximum atomic E-state index is 9.17. The quantitative estimate of drug-likeness (QED) is 0.0578. The fourth-order valence-corrected chi connectivity index (χ4v) is 5.68.